The maximum Gasteiger partial charge on any atom is 0.263 e. The molecule has 1 saturated heterocycles. The van der Waals surface area contributed by atoms with Crippen molar-refractivity contribution in [3.8, 4) is 11.3 Å². The molecule has 4 rings (SSSR count). The Morgan fingerprint density at radius 3 is 2.79 bits per heavy atom. The molecule has 0 unspecified atom stereocenters. The number of sulfonamides is 1. The Hall–Kier alpha value is -2.34. The van der Waals surface area contributed by atoms with E-state index < -0.39 is 41.6 Å². The van der Waals surface area contributed by atoms with Gasteiger partial charge in [-0.3, -0.25) is 5.10 Å². The van der Waals surface area contributed by atoms with Crippen LogP contribution in [0.25, 0.3) is 22.3 Å². The van der Waals surface area contributed by atoms with Crippen LogP contribution in [0, 0.1) is 0 Å². The second-order valence-electron chi connectivity index (χ2n) is 6.79. The number of rotatable bonds is 4. The second-order valence-corrected chi connectivity index (χ2v) is 9.09. The molecule has 8 nitrogen and oxygen atoms in total. The van der Waals surface area contributed by atoms with Crippen molar-refractivity contribution in [2.75, 3.05) is 18.9 Å². The third-order valence-electron chi connectivity index (χ3n) is 4.80. The van der Waals surface area contributed by atoms with Crippen molar-refractivity contribution in [1.82, 2.24) is 19.5 Å². The fraction of sp³-hybridized carbons (Fsp3) is 0.294. The van der Waals surface area contributed by atoms with Gasteiger partial charge in [-0.05, 0) is 30.3 Å². The Kier molecular flexibility index (Phi) is 4.73. The van der Waals surface area contributed by atoms with Crippen molar-refractivity contribution in [2.24, 2.45) is 0 Å². The average molecular weight is 444 g/mol. The highest BCUT2D eigenvalue weighted by molar-refractivity contribution is 7.89. The van der Waals surface area contributed by atoms with E-state index in [1.807, 2.05) is 0 Å². The normalized spacial score (nSPS) is 19.8. The largest absolute Gasteiger partial charge is 0.395 e. The van der Waals surface area contributed by atoms with Crippen LogP contribution in [0.5, 0.6) is 0 Å². The zero-order chi connectivity index (χ0) is 21.0. The number of nitrogen functional groups attached to an aromatic ring is 1. The summed E-state index contributed by atoms with van der Waals surface area (Å²) in [6.07, 6.45) is -0.732. The molecule has 1 aliphatic rings. The van der Waals surface area contributed by atoms with Crippen LogP contribution in [-0.2, 0) is 10.0 Å². The zero-order valence-electron chi connectivity index (χ0n) is 14.8. The molecule has 1 aromatic carbocycles. The van der Waals surface area contributed by atoms with Crippen molar-refractivity contribution in [2.45, 2.75) is 23.3 Å². The van der Waals surface area contributed by atoms with Crippen LogP contribution < -0.4 is 5.73 Å². The lowest BCUT2D eigenvalue weighted by molar-refractivity contribution is 0.0161. The van der Waals surface area contributed by atoms with Gasteiger partial charge in [0.15, 0.2) is 5.82 Å². The van der Waals surface area contributed by atoms with Gasteiger partial charge in [0, 0.05) is 12.0 Å². The first-order valence-corrected chi connectivity index (χ1v) is 10.4. The number of nitrogens with zero attached hydrogens (tertiary/aromatic N) is 3. The standard InChI is InChI=1S/C17H16ClF2N5O3S/c18-12-5-10(29(27,28)25-8-17(19,20)6-9(25)7-26)1-2-11(12)13-3-4-14-15(22-13)16(21)24-23-14/h1-5,9,26H,6-8H2,(H3,21,23,24)/t9-/m0/s1. The number of fused-ring (bicyclic) bond motifs is 1. The number of aromatic amines is 1. The lowest BCUT2D eigenvalue weighted by Gasteiger charge is -2.22. The molecule has 0 bridgehead atoms. The van der Waals surface area contributed by atoms with Crippen molar-refractivity contribution in [1.29, 1.82) is 0 Å². The number of nitrogens with two attached hydrogens (primary N) is 1. The number of hydrogen-bond donors (Lipinski definition) is 3. The molecule has 0 saturated carbocycles. The number of hydrogen-bond acceptors (Lipinski definition) is 6. The van der Waals surface area contributed by atoms with E-state index in [-0.39, 0.29) is 15.7 Å². The summed E-state index contributed by atoms with van der Waals surface area (Å²) in [6, 6.07) is 6.08. The van der Waals surface area contributed by atoms with Gasteiger partial charge in [-0.1, -0.05) is 11.6 Å². The van der Waals surface area contributed by atoms with Crippen molar-refractivity contribution in [3.05, 3.63) is 35.4 Å². The van der Waals surface area contributed by atoms with E-state index in [0.29, 0.717) is 26.6 Å². The minimum Gasteiger partial charge on any atom is -0.395 e. The summed E-state index contributed by atoms with van der Waals surface area (Å²) in [7, 11) is -4.27. The molecule has 1 fully saturated rings. The van der Waals surface area contributed by atoms with Crippen LogP contribution in [0.3, 0.4) is 0 Å². The Balaban J connectivity index is 1.72. The Bertz CT molecular complexity index is 1200. The van der Waals surface area contributed by atoms with Gasteiger partial charge < -0.3 is 10.8 Å². The predicted octanol–water partition coefficient (Wildman–Crippen LogP) is 2.25. The van der Waals surface area contributed by atoms with E-state index in [2.05, 4.69) is 15.2 Å². The van der Waals surface area contributed by atoms with Gasteiger partial charge in [-0.15, -0.1) is 0 Å². The zero-order valence-corrected chi connectivity index (χ0v) is 16.4. The van der Waals surface area contributed by atoms with Crippen LogP contribution in [0.2, 0.25) is 5.02 Å². The molecule has 4 N–H and O–H groups in total. The van der Waals surface area contributed by atoms with Crippen LogP contribution in [0.1, 0.15) is 6.42 Å². The average Bonchev–Trinajstić information content (AvgIpc) is 3.20. The fourth-order valence-corrected chi connectivity index (χ4v) is 5.38. The van der Waals surface area contributed by atoms with Gasteiger partial charge in [0.25, 0.3) is 5.92 Å². The smallest absolute Gasteiger partial charge is 0.263 e. The number of aliphatic hydroxyl groups is 1. The lowest BCUT2D eigenvalue weighted by atomic mass is 10.1. The van der Waals surface area contributed by atoms with Crippen LogP contribution in [0.15, 0.2) is 35.2 Å². The highest BCUT2D eigenvalue weighted by Crippen LogP contribution is 2.37. The van der Waals surface area contributed by atoms with Crippen molar-refractivity contribution >= 4 is 38.5 Å². The molecule has 3 heterocycles. The molecule has 0 amide bonds. The molecule has 1 atom stereocenters. The first-order chi connectivity index (χ1) is 13.6. The molecule has 2 aromatic heterocycles. The number of H-pyrrole nitrogens is 1. The summed E-state index contributed by atoms with van der Waals surface area (Å²) < 4.78 is 53.7. The quantitative estimate of drug-likeness (QED) is 0.568. The van der Waals surface area contributed by atoms with Gasteiger partial charge >= 0.3 is 0 Å². The number of alkyl halides is 2. The lowest BCUT2D eigenvalue weighted by Crippen LogP contribution is -2.38. The Morgan fingerprint density at radius 2 is 2.10 bits per heavy atom. The summed E-state index contributed by atoms with van der Waals surface area (Å²) in [5.74, 6) is -2.99. The van der Waals surface area contributed by atoms with E-state index in [1.165, 1.54) is 18.2 Å². The number of aliphatic hydroxyl groups excluding tert-OH is 1. The maximum absolute atomic E-state index is 13.7. The molecule has 1 aliphatic heterocycles. The van der Waals surface area contributed by atoms with Crippen molar-refractivity contribution in [3.63, 3.8) is 0 Å². The van der Waals surface area contributed by atoms with E-state index in [1.54, 1.807) is 12.1 Å². The minimum atomic E-state index is -4.27. The number of benzene rings is 1. The molecule has 0 radical (unpaired) electrons. The van der Waals surface area contributed by atoms with E-state index in [0.717, 1.165) is 0 Å². The van der Waals surface area contributed by atoms with E-state index in [9.17, 15) is 22.3 Å². The monoisotopic (exact) mass is 443 g/mol. The number of pyridine rings is 1. The van der Waals surface area contributed by atoms with Crippen LogP contribution in [-0.4, -0.2) is 58.1 Å². The SMILES string of the molecule is Nc1n[nH]c2ccc(-c3ccc(S(=O)(=O)N4CC(F)(F)C[C@H]4CO)cc3Cl)nc12. The molecular formula is C17H16ClF2N5O3S. The van der Waals surface area contributed by atoms with Gasteiger partial charge in [-0.2, -0.15) is 9.40 Å². The molecule has 12 heteroatoms. The van der Waals surface area contributed by atoms with Crippen LogP contribution in [0.4, 0.5) is 14.6 Å². The topological polar surface area (TPSA) is 125 Å². The second kappa shape index (κ2) is 6.87. The number of aromatic nitrogens is 3. The Morgan fingerprint density at radius 1 is 1.34 bits per heavy atom. The molecular weight excluding hydrogens is 428 g/mol. The number of nitrogens with one attached hydrogen (secondary N) is 1. The molecule has 3 aromatic rings. The maximum atomic E-state index is 13.7. The summed E-state index contributed by atoms with van der Waals surface area (Å²) in [4.78, 5) is 4.14. The summed E-state index contributed by atoms with van der Waals surface area (Å²) in [5.41, 5.74) is 7.72. The fourth-order valence-electron chi connectivity index (χ4n) is 3.37. The molecule has 0 aliphatic carbocycles. The first kappa shape index (κ1) is 20.0. The third-order valence-corrected chi connectivity index (χ3v) is 7.00. The molecule has 0 spiro atoms. The van der Waals surface area contributed by atoms with Crippen molar-refractivity contribution < 1.29 is 22.3 Å². The number of halogens is 3. The molecule has 29 heavy (non-hydrogen) atoms. The van der Waals surface area contributed by atoms with E-state index >= 15 is 0 Å². The minimum absolute atomic E-state index is 0.0755. The van der Waals surface area contributed by atoms with Crippen LogP contribution >= 0.6 is 11.6 Å². The first-order valence-electron chi connectivity index (χ1n) is 8.53. The van der Waals surface area contributed by atoms with Gasteiger partial charge in [0.2, 0.25) is 10.0 Å². The summed E-state index contributed by atoms with van der Waals surface area (Å²) in [5, 5.41) is 16.0. The van der Waals surface area contributed by atoms with Gasteiger partial charge in [0.05, 0.1) is 40.3 Å². The molecule has 154 valence electrons. The van der Waals surface area contributed by atoms with E-state index in [4.69, 9.17) is 17.3 Å². The number of anilines is 1. The van der Waals surface area contributed by atoms with Gasteiger partial charge in [-0.25, -0.2) is 22.2 Å². The highest BCUT2D eigenvalue weighted by Gasteiger charge is 2.49. The predicted molar refractivity (Wildman–Crippen MR) is 103 cm³/mol. The summed E-state index contributed by atoms with van der Waals surface area (Å²) >= 11 is 6.29. The third kappa shape index (κ3) is 3.44. The van der Waals surface area contributed by atoms with Gasteiger partial charge in [0.1, 0.15) is 5.52 Å². The summed E-state index contributed by atoms with van der Waals surface area (Å²) in [6.45, 7) is -1.69. The Labute approximate surface area is 169 Å². The highest BCUT2D eigenvalue weighted by atomic mass is 35.5.